The summed E-state index contributed by atoms with van der Waals surface area (Å²) in [5.74, 6) is -1.76. The lowest BCUT2D eigenvalue weighted by atomic mass is 10.0. The molecule has 0 aliphatic rings. The van der Waals surface area contributed by atoms with E-state index >= 15 is 0 Å². The third-order valence-corrected chi connectivity index (χ3v) is 4.36. The van der Waals surface area contributed by atoms with E-state index < -0.39 is 11.9 Å². The number of hydrogen-bond donors (Lipinski definition) is 2. The Morgan fingerprint density at radius 3 is 2.27 bits per heavy atom. The summed E-state index contributed by atoms with van der Waals surface area (Å²) in [5.41, 5.74) is 1.98. The van der Waals surface area contributed by atoms with Gasteiger partial charge in [0, 0.05) is 11.1 Å². The van der Waals surface area contributed by atoms with Gasteiger partial charge in [-0.05, 0) is 41.8 Å². The van der Waals surface area contributed by atoms with Crippen LogP contribution in [0.4, 0.5) is 0 Å². The molecule has 2 aromatic carbocycles. The topological polar surface area (TPSA) is 88.8 Å². The van der Waals surface area contributed by atoms with Crippen molar-refractivity contribution in [1.82, 2.24) is 4.57 Å². The molecule has 134 valence electrons. The van der Waals surface area contributed by atoms with Crippen molar-refractivity contribution in [3.05, 3.63) is 59.3 Å². The summed E-state index contributed by atoms with van der Waals surface area (Å²) in [5, 5.41) is 19.7. The molecule has 0 fully saturated rings. The van der Waals surface area contributed by atoms with Crippen molar-refractivity contribution < 1.29 is 24.5 Å². The molecule has 0 saturated carbocycles. The van der Waals surface area contributed by atoms with Gasteiger partial charge in [0.2, 0.25) is 0 Å². The molecule has 0 aliphatic carbocycles. The van der Waals surface area contributed by atoms with Crippen LogP contribution < -0.4 is 0 Å². The summed E-state index contributed by atoms with van der Waals surface area (Å²) in [6, 6.07) is 11.9. The number of rotatable bonds is 4. The molecule has 0 unspecified atom stereocenters. The quantitative estimate of drug-likeness (QED) is 0.694. The molecule has 0 spiro atoms. The first-order valence-corrected chi connectivity index (χ1v) is 8.14. The van der Waals surface area contributed by atoms with Gasteiger partial charge in [-0.2, -0.15) is 0 Å². The highest BCUT2D eigenvalue weighted by molar-refractivity contribution is 6.13. The number of esters is 1. The van der Waals surface area contributed by atoms with Crippen LogP contribution >= 0.6 is 0 Å². The van der Waals surface area contributed by atoms with E-state index in [1.165, 1.54) is 19.2 Å². The minimum Gasteiger partial charge on any atom is -0.508 e. The number of carbonyl (C=O) groups excluding carboxylic acids is 1. The number of fused-ring (bicyclic) bond motifs is 1. The van der Waals surface area contributed by atoms with Gasteiger partial charge in [0.15, 0.2) is 0 Å². The fraction of sp³-hybridized carbons (Fsp3) is 0.200. The van der Waals surface area contributed by atoms with Crippen molar-refractivity contribution in [3.8, 4) is 11.4 Å². The second-order valence-corrected chi connectivity index (χ2v) is 6.30. The molecule has 1 aromatic heterocycles. The van der Waals surface area contributed by atoms with Crippen LogP contribution in [0.25, 0.3) is 16.6 Å². The SMILES string of the molecule is COC(=O)c1c(C(=O)O)c2cc(O)ccc2n1-c1ccc(C(C)C)cc1. The van der Waals surface area contributed by atoms with Crippen LogP contribution in [0.5, 0.6) is 5.75 Å². The highest BCUT2D eigenvalue weighted by Crippen LogP contribution is 2.33. The molecular weight excluding hydrogens is 334 g/mol. The number of phenolic OH excluding ortho intramolecular Hbond substituents is 1. The maximum Gasteiger partial charge on any atom is 0.355 e. The maximum absolute atomic E-state index is 12.4. The highest BCUT2D eigenvalue weighted by atomic mass is 16.5. The number of ether oxygens (including phenoxy) is 1. The number of carbonyl (C=O) groups is 2. The molecule has 0 radical (unpaired) electrons. The van der Waals surface area contributed by atoms with Crippen LogP contribution in [-0.4, -0.2) is 33.8 Å². The van der Waals surface area contributed by atoms with E-state index in [4.69, 9.17) is 4.74 Å². The minimum atomic E-state index is -1.27. The van der Waals surface area contributed by atoms with Gasteiger partial charge in [-0.25, -0.2) is 9.59 Å². The first-order valence-electron chi connectivity index (χ1n) is 8.14. The first kappa shape index (κ1) is 17.5. The fourth-order valence-corrected chi connectivity index (χ4v) is 3.06. The first-order chi connectivity index (χ1) is 12.3. The van der Waals surface area contributed by atoms with Crippen molar-refractivity contribution in [2.24, 2.45) is 0 Å². The lowest BCUT2D eigenvalue weighted by molar-refractivity contribution is 0.0575. The number of carboxylic acid groups (broad SMARTS) is 1. The molecule has 1 heterocycles. The number of nitrogens with zero attached hydrogens (tertiary/aromatic N) is 1. The second kappa shape index (κ2) is 6.55. The van der Waals surface area contributed by atoms with E-state index in [0.29, 0.717) is 17.1 Å². The van der Waals surface area contributed by atoms with Gasteiger partial charge in [0.1, 0.15) is 17.0 Å². The number of methoxy groups -OCH3 is 1. The maximum atomic E-state index is 12.4. The summed E-state index contributed by atoms with van der Waals surface area (Å²) in [6.45, 7) is 4.15. The van der Waals surface area contributed by atoms with Crippen LogP contribution in [0.15, 0.2) is 42.5 Å². The van der Waals surface area contributed by atoms with E-state index in [1.54, 1.807) is 10.6 Å². The lowest BCUT2D eigenvalue weighted by Gasteiger charge is -2.12. The van der Waals surface area contributed by atoms with Gasteiger partial charge >= 0.3 is 11.9 Å². The van der Waals surface area contributed by atoms with Crippen LogP contribution in [0.1, 0.15) is 46.2 Å². The molecule has 0 bridgehead atoms. The van der Waals surface area contributed by atoms with E-state index in [9.17, 15) is 19.8 Å². The zero-order valence-corrected chi connectivity index (χ0v) is 14.7. The molecule has 2 N–H and O–H groups in total. The standard InChI is InChI=1S/C20H19NO5/c1-11(2)12-4-6-13(7-5-12)21-16-9-8-14(22)10-15(16)17(19(23)24)18(21)20(25)26-3/h4-11,22H,1-3H3,(H,23,24). The molecule has 0 aliphatic heterocycles. The van der Waals surface area contributed by atoms with Crippen molar-refractivity contribution in [3.63, 3.8) is 0 Å². The molecular formula is C20H19NO5. The van der Waals surface area contributed by atoms with Crippen LogP contribution in [0, 0.1) is 0 Å². The fourth-order valence-electron chi connectivity index (χ4n) is 3.06. The Kier molecular flexibility index (Phi) is 4.42. The summed E-state index contributed by atoms with van der Waals surface area (Å²) in [7, 11) is 1.20. The average Bonchev–Trinajstić information content (AvgIpc) is 2.95. The number of aromatic nitrogens is 1. The number of phenols is 1. The Labute approximate surface area is 150 Å². The highest BCUT2D eigenvalue weighted by Gasteiger charge is 2.28. The van der Waals surface area contributed by atoms with Crippen LogP contribution in [0.3, 0.4) is 0 Å². The van der Waals surface area contributed by atoms with E-state index in [1.807, 2.05) is 24.3 Å². The Hall–Kier alpha value is -3.28. The zero-order valence-electron chi connectivity index (χ0n) is 14.7. The summed E-state index contributed by atoms with van der Waals surface area (Å²) in [6.07, 6.45) is 0. The Bertz CT molecular complexity index is 999. The molecule has 26 heavy (non-hydrogen) atoms. The van der Waals surface area contributed by atoms with Gasteiger partial charge in [0.05, 0.1) is 12.6 Å². The Morgan fingerprint density at radius 1 is 1.08 bits per heavy atom. The average molecular weight is 353 g/mol. The molecule has 0 saturated heterocycles. The Morgan fingerprint density at radius 2 is 1.73 bits per heavy atom. The number of aromatic carboxylic acids is 1. The van der Waals surface area contributed by atoms with Crippen molar-refractivity contribution in [2.75, 3.05) is 7.11 Å². The smallest absolute Gasteiger partial charge is 0.355 e. The number of aromatic hydroxyl groups is 1. The Balaban J connectivity index is 2.39. The van der Waals surface area contributed by atoms with Gasteiger partial charge in [-0.1, -0.05) is 26.0 Å². The van der Waals surface area contributed by atoms with E-state index in [0.717, 1.165) is 5.56 Å². The van der Waals surface area contributed by atoms with Crippen LogP contribution in [-0.2, 0) is 4.74 Å². The molecule has 3 aromatic rings. The van der Waals surface area contributed by atoms with Gasteiger partial charge in [0.25, 0.3) is 0 Å². The van der Waals surface area contributed by atoms with Gasteiger partial charge < -0.3 is 19.5 Å². The van der Waals surface area contributed by atoms with Gasteiger partial charge in [-0.3, -0.25) is 0 Å². The largest absolute Gasteiger partial charge is 0.508 e. The predicted molar refractivity (Wildman–Crippen MR) is 97.3 cm³/mol. The van der Waals surface area contributed by atoms with E-state index in [-0.39, 0.29) is 22.4 Å². The van der Waals surface area contributed by atoms with Crippen molar-refractivity contribution >= 4 is 22.8 Å². The monoisotopic (exact) mass is 353 g/mol. The summed E-state index contributed by atoms with van der Waals surface area (Å²) >= 11 is 0. The van der Waals surface area contributed by atoms with Crippen molar-refractivity contribution in [1.29, 1.82) is 0 Å². The summed E-state index contributed by atoms with van der Waals surface area (Å²) in [4.78, 5) is 24.2. The molecule has 3 rings (SSSR count). The third-order valence-electron chi connectivity index (χ3n) is 4.36. The van der Waals surface area contributed by atoms with E-state index in [2.05, 4.69) is 13.8 Å². The van der Waals surface area contributed by atoms with Gasteiger partial charge in [-0.15, -0.1) is 0 Å². The number of carboxylic acids is 1. The third kappa shape index (κ3) is 2.79. The molecule has 6 heteroatoms. The molecule has 0 atom stereocenters. The molecule has 6 nitrogen and oxygen atoms in total. The van der Waals surface area contributed by atoms with Crippen LogP contribution in [0.2, 0.25) is 0 Å². The minimum absolute atomic E-state index is 0.0799. The summed E-state index contributed by atoms with van der Waals surface area (Å²) < 4.78 is 6.38. The predicted octanol–water partition coefficient (Wildman–Crippen LogP) is 3.94. The second-order valence-electron chi connectivity index (χ2n) is 6.30. The normalized spacial score (nSPS) is 11.1. The van der Waals surface area contributed by atoms with Crippen molar-refractivity contribution in [2.45, 2.75) is 19.8 Å². The molecule has 0 amide bonds. The number of hydrogen-bond acceptors (Lipinski definition) is 4. The zero-order chi connectivity index (χ0) is 19.0. The lowest BCUT2D eigenvalue weighted by Crippen LogP contribution is -2.14. The number of benzene rings is 2.